The van der Waals surface area contributed by atoms with E-state index in [9.17, 15) is 19.7 Å². The van der Waals surface area contributed by atoms with Crippen LogP contribution in [0.4, 0.5) is 0 Å². The third-order valence-corrected chi connectivity index (χ3v) is 4.35. The van der Waals surface area contributed by atoms with Gasteiger partial charge in [-0.15, -0.1) is 11.3 Å². The summed E-state index contributed by atoms with van der Waals surface area (Å²) in [6, 6.07) is 8.12. The van der Waals surface area contributed by atoms with E-state index in [1.165, 1.54) is 23.5 Å². The first kappa shape index (κ1) is 16.3. The van der Waals surface area contributed by atoms with Crippen LogP contribution in [-0.2, 0) is 11.2 Å². The fourth-order valence-electron chi connectivity index (χ4n) is 2.33. The number of hydrogen-bond donors (Lipinski definition) is 3. The van der Waals surface area contributed by atoms with Crippen molar-refractivity contribution in [3.05, 3.63) is 46.2 Å². The van der Waals surface area contributed by atoms with Crippen molar-refractivity contribution >= 4 is 30.3 Å². The molecule has 2 aromatic rings. The molecule has 7 nitrogen and oxygen atoms in total. The van der Waals surface area contributed by atoms with Gasteiger partial charge in [-0.3, -0.25) is 4.79 Å². The Kier molecular flexibility index (Phi) is 4.72. The van der Waals surface area contributed by atoms with E-state index in [2.05, 4.69) is 5.32 Å². The van der Waals surface area contributed by atoms with Crippen LogP contribution in [0.25, 0.3) is 0 Å². The maximum atomic E-state index is 12.1. The lowest BCUT2D eigenvalue weighted by atomic mass is 9.79. The van der Waals surface area contributed by atoms with E-state index in [4.69, 9.17) is 9.39 Å². The second kappa shape index (κ2) is 6.94. The molecular weight excluding hydrogens is 333 g/mol. The lowest BCUT2D eigenvalue weighted by Gasteiger charge is -2.17. The third-order valence-electron chi connectivity index (χ3n) is 3.47. The average Bonchev–Trinajstić information content (AvgIpc) is 2.99. The summed E-state index contributed by atoms with van der Waals surface area (Å²) in [6.45, 7) is -0.0343. The van der Waals surface area contributed by atoms with Gasteiger partial charge in [0.1, 0.15) is 18.1 Å². The number of carboxylic acid groups (broad SMARTS) is 1. The van der Waals surface area contributed by atoms with Crippen LogP contribution in [0.15, 0.2) is 35.7 Å². The number of carbonyl (C=O) groups is 2. The second-order valence-corrected chi connectivity index (χ2v) is 6.22. The van der Waals surface area contributed by atoms with Crippen LogP contribution >= 0.6 is 11.3 Å². The minimum atomic E-state index is -1.42. The van der Waals surface area contributed by atoms with E-state index in [0.29, 0.717) is 0 Å². The number of rotatable bonds is 4. The molecule has 0 spiro atoms. The van der Waals surface area contributed by atoms with Gasteiger partial charge in [-0.2, -0.15) is 0 Å². The normalized spacial score (nSPS) is 16.4. The van der Waals surface area contributed by atoms with Gasteiger partial charge in [0.15, 0.2) is 11.5 Å². The van der Waals surface area contributed by atoms with Gasteiger partial charge in [0, 0.05) is 4.88 Å². The number of aromatic carboxylic acids is 1. The molecule has 1 aliphatic heterocycles. The van der Waals surface area contributed by atoms with Crippen LogP contribution in [0.1, 0.15) is 15.2 Å². The Morgan fingerprint density at radius 3 is 2.88 bits per heavy atom. The molecule has 1 atom stereocenters. The summed E-state index contributed by atoms with van der Waals surface area (Å²) in [5.74, 6) is -2.12. The molecule has 1 aromatic heterocycles. The zero-order valence-electron chi connectivity index (χ0n) is 12.5. The Morgan fingerprint density at radius 2 is 2.17 bits per heavy atom. The van der Waals surface area contributed by atoms with Crippen LogP contribution in [0.5, 0.6) is 11.5 Å². The number of nitrogens with one attached hydrogen (secondary N) is 1. The number of hydrogen-bond acceptors (Lipinski definition) is 6. The van der Waals surface area contributed by atoms with Crippen LogP contribution < -0.4 is 14.7 Å². The number of amides is 1. The summed E-state index contributed by atoms with van der Waals surface area (Å²) in [5, 5.41) is 23.9. The van der Waals surface area contributed by atoms with Crippen molar-refractivity contribution in [2.75, 3.05) is 6.61 Å². The minimum Gasteiger partial charge on any atom is -0.532 e. The topological polar surface area (TPSA) is 105 Å². The fourth-order valence-corrected chi connectivity index (χ4v) is 3.03. The quantitative estimate of drug-likeness (QED) is 0.712. The molecule has 124 valence electrons. The SMILES string of the molecule is O=C(Cc1cccs1)NC1COc2cccc(C(=O)O)c2OB1O. The summed E-state index contributed by atoms with van der Waals surface area (Å²) < 4.78 is 10.8. The molecule has 24 heavy (non-hydrogen) atoms. The van der Waals surface area contributed by atoms with Gasteiger partial charge in [0.05, 0.1) is 6.42 Å². The van der Waals surface area contributed by atoms with Crippen molar-refractivity contribution in [2.24, 2.45) is 0 Å². The van der Waals surface area contributed by atoms with E-state index in [1.807, 2.05) is 17.5 Å². The van der Waals surface area contributed by atoms with Crippen LogP contribution in [-0.4, -0.2) is 41.7 Å². The third kappa shape index (κ3) is 3.52. The molecule has 1 aliphatic rings. The number of para-hydroxylation sites is 1. The second-order valence-electron chi connectivity index (χ2n) is 5.19. The van der Waals surface area contributed by atoms with Crippen molar-refractivity contribution < 1.29 is 29.1 Å². The Labute approximate surface area is 142 Å². The highest BCUT2D eigenvalue weighted by Gasteiger charge is 2.36. The summed E-state index contributed by atoms with van der Waals surface area (Å²) in [6.07, 6.45) is 0.189. The van der Waals surface area contributed by atoms with E-state index in [-0.39, 0.29) is 36.0 Å². The van der Waals surface area contributed by atoms with Crippen molar-refractivity contribution in [3.8, 4) is 11.5 Å². The van der Waals surface area contributed by atoms with Gasteiger partial charge in [0.25, 0.3) is 0 Å². The molecule has 0 bridgehead atoms. The minimum absolute atomic E-state index is 0.0343. The van der Waals surface area contributed by atoms with Crippen molar-refractivity contribution in [1.82, 2.24) is 5.32 Å². The van der Waals surface area contributed by atoms with Gasteiger partial charge >= 0.3 is 13.1 Å². The smallest absolute Gasteiger partial charge is 0.532 e. The molecule has 1 amide bonds. The maximum Gasteiger partial charge on any atom is 0.550 e. The molecule has 9 heteroatoms. The molecule has 0 fully saturated rings. The van der Waals surface area contributed by atoms with Gasteiger partial charge in [-0.25, -0.2) is 4.79 Å². The highest BCUT2D eigenvalue weighted by Crippen LogP contribution is 2.33. The molecule has 0 saturated heterocycles. The van der Waals surface area contributed by atoms with Gasteiger partial charge in [-0.1, -0.05) is 12.1 Å². The first-order valence-electron chi connectivity index (χ1n) is 7.20. The molecule has 1 aromatic carbocycles. The molecule has 0 saturated carbocycles. The first-order valence-corrected chi connectivity index (χ1v) is 8.08. The zero-order valence-corrected chi connectivity index (χ0v) is 13.3. The standard InChI is InChI=1S/C15H14BNO6S/c18-13(7-9-3-2-6-24-9)17-12-8-22-11-5-1-4-10(15(19)20)14(11)23-16(12)21/h1-6,12,21H,7-8H2,(H,17,18)(H,19,20). The number of carbonyl (C=O) groups excluding carboxylic acids is 1. The van der Waals surface area contributed by atoms with Crippen LogP contribution in [0, 0.1) is 0 Å². The summed E-state index contributed by atoms with van der Waals surface area (Å²) in [4.78, 5) is 24.2. The zero-order chi connectivity index (χ0) is 17.1. The molecule has 0 aliphatic carbocycles. The van der Waals surface area contributed by atoms with Gasteiger partial charge in [0.2, 0.25) is 5.91 Å². The first-order chi connectivity index (χ1) is 11.5. The lowest BCUT2D eigenvalue weighted by Crippen LogP contribution is -2.52. The summed E-state index contributed by atoms with van der Waals surface area (Å²) >= 11 is 1.46. The van der Waals surface area contributed by atoms with E-state index in [1.54, 1.807) is 6.07 Å². The van der Waals surface area contributed by atoms with E-state index >= 15 is 0 Å². The van der Waals surface area contributed by atoms with Crippen molar-refractivity contribution in [2.45, 2.75) is 12.4 Å². The molecule has 2 heterocycles. The largest absolute Gasteiger partial charge is 0.550 e. The predicted octanol–water partition coefficient (Wildman–Crippen LogP) is 0.965. The van der Waals surface area contributed by atoms with Crippen molar-refractivity contribution in [3.63, 3.8) is 0 Å². The molecular formula is C15H14BNO6S. The fraction of sp³-hybridized carbons (Fsp3) is 0.200. The molecule has 0 radical (unpaired) electrons. The van der Waals surface area contributed by atoms with Crippen LogP contribution in [0.2, 0.25) is 0 Å². The van der Waals surface area contributed by atoms with E-state index in [0.717, 1.165) is 4.88 Å². The Balaban J connectivity index is 1.71. The molecule has 3 N–H and O–H groups in total. The van der Waals surface area contributed by atoms with Crippen molar-refractivity contribution in [1.29, 1.82) is 0 Å². The monoisotopic (exact) mass is 347 g/mol. The van der Waals surface area contributed by atoms with Crippen LogP contribution in [0.3, 0.4) is 0 Å². The van der Waals surface area contributed by atoms with E-state index < -0.39 is 19.0 Å². The molecule has 1 unspecified atom stereocenters. The highest BCUT2D eigenvalue weighted by atomic mass is 32.1. The van der Waals surface area contributed by atoms with Gasteiger partial charge < -0.3 is 24.8 Å². The number of ether oxygens (including phenoxy) is 1. The number of benzene rings is 1. The summed E-state index contributed by atoms with van der Waals surface area (Å²) in [7, 11) is -1.42. The Bertz CT molecular complexity index is 750. The number of carboxylic acids is 1. The summed E-state index contributed by atoms with van der Waals surface area (Å²) in [5.41, 5.74) is -0.114. The Hall–Kier alpha value is -2.52. The predicted molar refractivity (Wildman–Crippen MR) is 87.5 cm³/mol. The Morgan fingerprint density at radius 1 is 1.33 bits per heavy atom. The number of fused-ring (bicyclic) bond motifs is 1. The average molecular weight is 347 g/mol. The maximum absolute atomic E-state index is 12.1. The van der Waals surface area contributed by atoms with Gasteiger partial charge in [-0.05, 0) is 23.6 Å². The number of thiophene rings is 1. The molecule has 3 rings (SSSR count). The highest BCUT2D eigenvalue weighted by molar-refractivity contribution is 7.10. The lowest BCUT2D eigenvalue weighted by molar-refractivity contribution is -0.120.